The molecule has 5 atom stereocenters. The SMILES string of the molecule is COCCO[C@H]1/C=C/C[C@H](C)N(CCOC)S(=O)(=O)NC(=O)c2ccc3c(c2)N(C[C@@H]2CC[C@H]21)C[C@@]1(CCCc2cc(Cl)ccc21)CO3. The molecule has 1 N–H and O–H groups in total. The van der Waals surface area contributed by atoms with Gasteiger partial charge >= 0.3 is 10.2 Å². The van der Waals surface area contributed by atoms with Crippen LogP contribution in [0, 0.1) is 11.8 Å². The van der Waals surface area contributed by atoms with E-state index in [0.29, 0.717) is 44.5 Å². The van der Waals surface area contributed by atoms with Gasteiger partial charge in [0.15, 0.2) is 0 Å². The average Bonchev–Trinajstić information content (AvgIpc) is 3.19. The maximum absolute atomic E-state index is 13.7. The van der Waals surface area contributed by atoms with Crippen molar-refractivity contribution in [3.8, 4) is 5.75 Å². The number of amides is 1. The number of rotatable bonds is 7. The zero-order chi connectivity index (χ0) is 33.9. The van der Waals surface area contributed by atoms with Crippen LogP contribution in [-0.4, -0.2) is 91.1 Å². The lowest BCUT2D eigenvalue weighted by molar-refractivity contribution is -0.0310. The maximum atomic E-state index is 13.7. The van der Waals surface area contributed by atoms with E-state index in [2.05, 4.69) is 27.8 Å². The molecule has 2 aliphatic carbocycles. The minimum atomic E-state index is -4.19. The van der Waals surface area contributed by atoms with Crippen LogP contribution in [-0.2, 0) is 36.3 Å². The molecule has 12 heteroatoms. The molecule has 1 amide bonds. The number of nitrogens with one attached hydrogen (secondary N) is 1. The number of hydrogen-bond acceptors (Lipinski definition) is 8. The third-order valence-corrected chi connectivity index (χ3v) is 12.4. The van der Waals surface area contributed by atoms with E-state index in [0.717, 1.165) is 49.4 Å². The number of methoxy groups -OCH3 is 2. The first-order chi connectivity index (χ1) is 23.1. The monoisotopic (exact) mass is 701 g/mol. The zero-order valence-electron chi connectivity index (χ0n) is 28.2. The van der Waals surface area contributed by atoms with Crippen molar-refractivity contribution in [2.24, 2.45) is 11.8 Å². The van der Waals surface area contributed by atoms with Crippen LogP contribution in [0.15, 0.2) is 48.6 Å². The van der Waals surface area contributed by atoms with Gasteiger partial charge in [0.05, 0.1) is 38.2 Å². The predicted molar refractivity (Wildman–Crippen MR) is 186 cm³/mol. The number of nitrogens with zero attached hydrogens (tertiary/aromatic N) is 2. The summed E-state index contributed by atoms with van der Waals surface area (Å²) in [7, 11) is -1.00. The Kier molecular flexibility index (Phi) is 11.0. The second kappa shape index (κ2) is 15.1. The molecule has 1 spiro atoms. The number of fused-ring (bicyclic) bond motifs is 4. The molecule has 6 rings (SSSR count). The van der Waals surface area contributed by atoms with Crippen molar-refractivity contribution < 1.29 is 32.2 Å². The zero-order valence-corrected chi connectivity index (χ0v) is 29.7. The second-order valence-corrected chi connectivity index (χ2v) is 15.7. The molecular weight excluding hydrogens is 654 g/mol. The third kappa shape index (κ3) is 7.41. The third-order valence-electron chi connectivity index (χ3n) is 10.6. The molecule has 2 bridgehead atoms. The summed E-state index contributed by atoms with van der Waals surface area (Å²) in [5.74, 6) is 0.634. The van der Waals surface area contributed by atoms with Crippen LogP contribution in [0.5, 0.6) is 5.75 Å². The molecule has 0 aromatic heterocycles. The van der Waals surface area contributed by atoms with Gasteiger partial charge in [0.25, 0.3) is 5.91 Å². The largest absolute Gasteiger partial charge is 0.490 e. The van der Waals surface area contributed by atoms with Gasteiger partial charge in [0.1, 0.15) is 5.75 Å². The predicted octanol–water partition coefficient (Wildman–Crippen LogP) is 5.14. The van der Waals surface area contributed by atoms with E-state index >= 15 is 0 Å². The van der Waals surface area contributed by atoms with E-state index < -0.39 is 22.2 Å². The highest BCUT2D eigenvalue weighted by Gasteiger charge is 2.44. The number of hydrogen-bond donors (Lipinski definition) is 1. The lowest BCUT2D eigenvalue weighted by atomic mass is 9.68. The second-order valence-electron chi connectivity index (χ2n) is 13.7. The Morgan fingerprint density at radius 3 is 2.69 bits per heavy atom. The minimum Gasteiger partial charge on any atom is -0.490 e. The highest BCUT2D eigenvalue weighted by molar-refractivity contribution is 7.87. The van der Waals surface area contributed by atoms with Crippen LogP contribution in [0.25, 0.3) is 0 Å². The molecule has 2 aromatic carbocycles. The fourth-order valence-electron chi connectivity index (χ4n) is 7.90. The fourth-order valence-corrected chi connectivity index (χ4v) is 9.44. The van der Waals surface area contributed by atoms with Crippen molar-refractivity contribution in [2.45, 2.75) is 63.0 Å². The molecule has 48 heavy (non-hydrogen) atoms. The summed E-state index contributed by atoms with van der Waals surface area (Å²) in [4.78, 5) is 16.0. The minimum absolute atomic E-state index is 0.104. The van der Waals surface area contributed by atoms with Crippen LogP contribution >= 0.6 is 11.6 Å². The van der Waals surface area contributed by atoms with E-state index in [1.54, 1.807) is 25.3 Å². The lowest BCUT2D eigenvalue weighted by Crippen LogP contribution is -2.50. The highest BCUT2D eigenvalue weighted by Crippen LogP contribution is 2.47. The molecule has 0 saturated heterocycles. The summed E-state index contributed by atoms with van der Waals surface area (Å²) in [6.45, 7) is 5.05. The van der Waals surface area contributed by atoms with Crippen LogP contribution in [0.2, 0.25) is 5.02 Å². The van der Waals surface area contributed by atoms with Crippen LogP contribution in [0.3, 0.4) is 0 Å². The molecule has 0 unspecified atom stereocenters. The quantitative estimate of drug-likeness (QED) is 0.313. The Balaban J connectivity index is 1.41. The van der Waals surface area contributed by atoms with Gasteiger partial charge < -0.3 is 23.8 Å². The number of ether oxygens (including phenoxy) is 4. The summed E-state index contributed by atoms with van der Waals surface area (Å²) < 4.78 is 54.6. The Morgan fingerprint density at radius 1 is 1.08 bits per heavy atom. The fraction of sp³-hybridized carbons (Fsp3) is 0.583. The molecule has 1 fully saturated rings. The Bertz CT molecular complexity index is 1600. The van der Waals surface area contributed by atoms with E-state index in [9.17, 15) is 13.2 Å². The van der Waals surface area contributed by atoms with E-state index in [1.165, 1.54) is 22.5 Å². The molecule has 4 aliphatic rings. The van der Waals surface area contributed by atoms with Gasteiger partial charge in [-0.05, 0) is 98.7 Å². The molecule has 1 saturated carbocycles. The Labute approximate surface area is 289 Å². The maximum Gasteiger partial charge on any atom is 0.304 e. The molecule has 2 aliphatic heterocycles. The van der Waals surface area contributed by atoms with Gasteiger partial charge in [0.2, 0.25) is 0 Å². The number of halogens is 1. The summed E-state index contributed by atoms with van der Waals surface area (Å²) in [5, 5.41) is 0.735. The van der Waals surface area contributed by atoms with Crippen molar-refractivity contribution >= 4 is 33.4 Å². The van der Waals surface area contributed by atoms with Gasteiger partial charge in [-0.25, -0.2) is 4.72 Å². The van der Waals surface area contributed by atoms with Gasteiger partial charge in [0, 0.05) is 55.9 Å². The Hall–Kier alpha value is -2.67. The Morgan fingerprint density at radius 2 is 1.92 bits per heavy atom. The molecule has 2 aromatic rings. The number of carbonyl (C=O) groups excluding carboxylic acids is 1. The van der Waals surface area contributed by atoms with Gasteiger partial charge in [-0.15, -0.1) is 0 Å². The van der Waals surface area contributed by atoms with Gasteiger partial charge in [-0.3, -0.25) is 4.79 Å². The van der Waals surface area contributed by atoms with Crippen molar-refractivity contribution in [1.82, 2.24) is 9.03 Å². The number of benzene rings is 2. The number of anilines is 1. The summed E-state index contributed by atoms with van der Waals surface area (Å²) >= 11 is 6.44. The molecule has 0 radical (unpaired) electrons. The first-order valence-electron chi connectivity index (χ1n) is 17.0. The van der Waals surface area contributed by atoms with Crippen LogP contribution in [0.1, 0.15) is 60.5 Å². The standard InChI is InChI=1S/C36H48ClN3O7S/c1-25-6-4-8-33(46-19-18-45-3)30-12-9-28(30)22-39-23-36(15-5-7-26-20-29(37)11-13-31(26)36)24-47-34-14-10-27(21-32(34)39)35(41)38-48(42,43)40(25)16-17-44-2/h4,8,10-11,13-14,20-21,25,28,30,33H,5-7,9,12,15-19,22-24H2,1-3H3,(H,38,41)/b8-4+/t25-,28-,30+,33-,36-/m0/s1. The van der Waals surface area contributed by atoms with E-state index in [-0.39, 0.29) is 36.2 Å². The normalized spacial score (nSPS) is 29.5. The molecule has 262 valence electrons. The average molecular weight is 702 g/mol. The summed E-state index contributed by atoms with van der Waals surface area (Å²) in [5.41, 5.74) is 3.31. The van der Waals surface area contributed by atoms with Crippen molar-refractivity contribution in [3.63, 3.8) is 0 Å². The first-order valence-corrected chi connectivity index (χ1v) is 18.9. The van der Waals surface area contributed by atoms with Crippen molar-refractivity contribution in [1.29, 1.82) is 0 Å². The van der Waals surface area contributed by atoms with Crippen LogP contribution < -0.4 is 14.4 Å². The van der Waals surface area contributed by atoms with Crippen molar-refractivity contribution in [2.75, 3.05) is 65.2 Å². The van der Waals surface area contributed by atoms with Crippen molar-refractivity contribution in [3.05, 3.63) is 70.3 Å². The highest BCUT2D eigenvalue weighted by atomic mass is 35.5. The molecule has 10 nitrogen and oxygen atoms in total. The number of carbonyl (C=O) groups is 1. The lowest BCUT2D eigenvalue weighted by Gasteiger charge is -2.46. The van der Waals surface area contributed by atoms with E-state index in [4.69, 9.17) is 30.5 Å². The topological polar surface area (TPSA) is 107 Å². The first kappa shape index (κ1) is 35.2. The van der Waals surface area contributed by atoms with Crippen LogP contribution in [0.4, 0.5) is 5.69 Å². The smallest absolute Gasteiger partial charge is 0.304 e. The molecule has 2 heterocycles. The number of aryl methyl sites for hydroxylation is 1. The van der Waals surface area contributed by atoms with E-state index in [1.807, 2.05) is 19.1 Å². The molecular formula is C36H48ClN3O7S. The summed E-state index contributed by atoms with van der Waals surface area (Å²) in [6, 6.07) is 11.0. The van der Waals surface area contributed by atoms with Gasteiger partial charge in [-0.2, -0.15) is 12.7 Å². The van der Waals surface area contributed by atoms with Gasteiger partial charge in [-0.1, -0.05) is 29.8 Å². The summed E-state index contributed by atoms with van der Waals surface area (Å²) in [6.07, 6.45) is 9.48.